The van der Waals surface area contributed by atoms with Crippen molar-refractivity contribution >= 4 is 23.5 Å². The molecule has 0 radical (unpaired) electrons. The summed E-state index contributed by atoms with van der Waals surface area (Å²) in [6.45, 7) is 1.48. The van der Waals surface area contributed by atoms with Gasteiger partial charge in [-0.05, 0) is 30.5 Å². The van der Waals surface area contributed by atoms with Gasteiger partial charge in [0.05, 0.1) is 12.0 Å². The number of carbonyl (C=O) groups excluding carboxylic acids is 2. The van der Waals surface area contributed by atoms with Crippen LogP contribution in [0, 0.1) is 0 Å². The van der Waals surface area contributed by atoms with Crippen molar-refractivity contribution in [2.75, 3.05) is 18.4 Å². The van der Waals surface area contributed by atoms with E-state index in [9.17, 15) is 14.4 Å². The highest BCUT2D eigenvalue weighted by molar-refractivity contribution is 6.06. The van der Waals surface area contributed by atoms with Gasteiger partial charge in [0.2, 0.25) is 0 Å². The highest BCUT2D eigenvalue weighted by Crippen LogP contribution is 2.18. The van der Waals surface area contributed by atoms with Crippen molar-refractivity contribution in [1.82, 2.24) is 9.88 Å². The molecule has 1 fully saturated rings. The first-order valence-corrected chi connectivity index (χ1v) is 8.13. The van der Waals surface area contributed by atoms with E-state index in [2.05, 4.69) is 10.3 Å². The number of anilines is 1. The Morgan fingerprint density at radius 2 is 1.88 bits per heavy atom. The van der Waals surface area contributed by atoms with Crippen LogP contribution in [0.2, 0.25) is 0 Å². The highest BCUT2D eigenvalue weighted by atomic mass is 16.4. The fourth-order valence-corrected chi connectivity index (χ4v) is 2.89. The number of para-hydroxylation sites is 1. The summed E-state index contributed by atoms with van der Waals surface area (Å²) < 4.78 is 0. The molecule has 0 atom stereocenters. The lowest BCUT2D eigenvalue weighted by atomic mass is 10.1. The van der Waals surface area contributed by atoms with Gasteiger partial charge in [-0.2, -0.15) is 0 Å². The molecule has 7 nitrogen and oxygen atoms in total. The van der Waals surface area contributed by atoms with Crippen LogP contribution in [0.25, 0.3) is 0 Å². The number of hydrogen-bond acceptors (Lipinski definition) is 3. The lowest BCUT2D eigenvalue weighted by molar-refractivity contribution is -0.136. The molecular formula is C18H19N3O4. The second kappa shape index (κ2) is 7.21. The van der Waals surface area contributed by atoms with Crippen LogP contribution in [0.15, 0.2) is 36.5 Å². The van der Waals surface area contributed by atoms with Crippen LogP contribution in [0.4, 0.5) is 5.69 Å². The Kier molecular flexibility index (Phi) is 4.83. The van der Waals surface area contributed by atoms with Gasteiger partial charge in [-0.25, -0.2) is 0 Å². The highest BCUT2D eigenvalue weighted by Gasteiger charge is 2.22. The predicted molar refractivity (Wildman–Crippen MR) is 91.7 cm³/mol. The molecule has 0 bridgehead atoms. The van der Waals surface area contributed by atoms with E-state index in [1.165, 1.54) is 12.3 Å². The number of aromatic nitrogens is 1. The van der Waals surface area contributed by atoms with Gasteiger partial charge in [0.1, 0.15) is 5.69 Å². The first kappa shape index (κ1) is 16.8. The Labute approximate surface area is 144 Å². The number of carboxylic acid groups (broad SMARTS) is 1. The van der Waals surface area contributed by atoms with E-state index in [0.29, 0.717) is 22.5 Å². The molecule has 3 rings (SSSR count). The lowest BCUT2D eigenvalue weighted by Crippen LogP contribution is -2.27. The van der Waals surface area contributed by atoms with E-state index in [-0.39, 0.29) is 12.3 Å². The fourth-order valence-electron chi connectivity index (χ4n) is 2.89. The molecule has 0 saturated carbocycles. The van der Waals surface area contributed by atoms with Crippen LogP contribution in [0.1, 0.15) is 39.3 Å². The number of aliphatic carboxylic acids is 1. The molecule has 1 aliphatic heterocycles. The number of amides is 2. The van der Waals surface area contributed by atoms with Crippen molar-refractivity contribution in [3.63, 3.8) is 0 Å². The molecule has 1 aromatic heterocycles. The van der Waals surface area contributed by atoms with E-state index < -0.39 is 11.9 Å². The summed E-state index contributed by atoms with van der Waals surface area (Å²) in [6.07, 6.45) is 3.31. The van der Waals surface area contributed by atoms with Crippen molar-refractivity contribution in [2.24, 2.45) is 0 Å². The molecule has 130 valence electrons. The number of nitrogens with one attached hydrogen (secondary N) is 2. The molecular weight excluding hydrogens is 322 g/mol. The van der Waals surface area contributed by atoms with Crippen molar-refractivity contribution < 1.29 is 19.5 Å². The second-order valence-electron chi connectivity index (χ2n) is 5.98. The average Bonchev–Trinajstić information content (AvgIpc) is 3.27. The standard InChI is InChI=1S/C18H19N3O4/c22-16(23)10-12-5-1-2-6-14(12)20-17(24)13-9-15(19-11-13)18(25)21-7-3-4-8-21/h1-2,5-6,9,11,19H,3-4,7-8,10H2,(H,20,24)(H,22,23). The Morgan fingerprint density at radius 3 is 2.60 bits per heavy atom. The summed E-state index contributed by atoms with van der Waals surface area (Å²) in [5, 5.41) is 11.7. The largest absolute Gasteiger partial charge is 0.481 e. The van der Waals surface area contributed by atoms with E-state index >= 15 is 0 Å². The van der Waals surface area contributed by atoms with Crippen LogP contribution < -0.4 is 5.32 Å². The van der Waals surface area contributed by atoms with E-state index in [0.717, 1.165) is 25.9 Å². The number of rotatable bonds is 5. The minimum Gasteiger partial charge on any atom is -0.481 e. The van der Waals surface area contributed by atoms with Crippen molar-refractivity contribution in [2.45, 2.75) is 19.3 Å². The first-order chi connectivity index (χ1) is 12.0. The van der Waals surface area contributed by atoms with E-state index in [4.69, 9.17) is 5.11 Å². The Bertz CT molecular complexity index is 806. The van der Waals surface area contributed by atoms with Gasteiger partial charge in [0.25, 0.3) is 11.8 Å². The Hall–Kier alpha value is -3.09. The van der Waals surface area contributed by atoms with E-state index in [1.807, 2.05) is 0 Å². The summed E-state index contributed by atoms with van der Waals surface area (Å²) in [7, 11) is 0. The summed E-state index contributed by atoms with van der Waals surface area (Å²) in [5.74, 6) is -1.47. The number of aromatic amines is 1. The molecule has 2 aromatic rings. The predicted octanol–water partition coefficient (Wildman–Crippen LogP) is 2.13. The molecule has 3 N–H and O–H groups in total. The van der Waals surface area contributed by atoms with Gasteiger partial charge in [0.15, 0.2) is 0 Å². The normalized spacial score (nSPS) is 13.7. The maximum Gasteiger partial charge on any atom is 0.307 e. The minimum atomic E-state index is -0.971. The molecule has 2 amide bonds. The van der Waals surface area contributed by atoms with Gasteiger partial charge in [-0.1, -0.05) is 18.2 Å². The molecule has 0 aliphatic carbocycles. The molecule has 1 saturated heterocycles. The third kappa shape index (κ3) is 3.88. The summed E-state index contributed by atoms with van der Waals surface area (Å²) in [5.41, 5.74) is 1.68. The number of benzene rings is 1. The molecule has 1 aliphatic rings. The molecule has 0 spiro atoms. The summed E-state index contributed by atoms with van der Waals surface area (Å²) in [4.78, 5) is 40.3. The summed E-state index contributed by atoms with van der Waals surface area (Å²) >= 11 is 0. The van der Waals surface area contributed by atoms with Crippen molar-refractivity contribution in [3.8, 4) is 0 Å². The van der Waals surface area contributed by atoms with Crippen LogP contribution in [-0.4, -0.2) is 45.9 Å². The third-order valence-electron chi connectivity index (χ3n) is 4.18. The number of carboxylic acids is 1. The second-order valence-corrected chi connectivity index (χ2v) is 5.98. The zero-order valence-corrected chi connectivity index (χ0v) is 13.6. The number of carbonyl (C=O) groups is 3. The van der Waals surface area contributed by atoms with E-state index in [1.54, 1.807) is 29.2 Å². The Balaban J connectivity index is 1.72. The monoisotopic (exact) mass is 341 g/mol. The first-order valence-electron chi connectivity index (χ1n) is 8.13. The van der Waals surface area contributed by atoms with Gasteiger partial charge in [-0.3, -0.25) is 14.4 Å². The topological polar surface area (TPSA) is 102 Å². The van der Waals surface area contributed by atoms with Gasteiger partial charge in [0, 0.05) is 25.0 Å². The third-order valence-corrected chi connectivity index (χ3v) is 4.18. The number of nitrogens with zero attached hydrogens (tertiary/aromatic N) is 1. The van der Waals surface area contributed by atoms with Gasteiger partial charge in [-0.15, -0.1) is 0 Å². The maximum absolute atomic E-state index is 12.4. The van der Waals surface area contributed by atoms with Crippen molar-refractivity contribution in [3.05, 3.63) is 53.3 Å². The van der Waals surface area contributed by atoms with Crippen LogP contribution in [0.5, 0.6) is 0 Å². The number of hydrogen-bond donors (Lipinski definition) is 3. The zero-order valence-electron chi connectivity index (χ0n) is 13.6. The van der Waals surface area contributed by atoms with Gasteiger partial charge < -0.3 is 20.3 Å². The number of H-pyrrole nitrogens is 1. The molecule has 0 unspecified atom stereocenters. The maximum atomic E-state index is 12.4. The summed E-state index contributed by atoms with van der Waals surface area (Å²) in [6, 6.07) is 8.27. The lowest BCUT2D eigenvalue weighted by Gasteiger charge is -2.13. The smallest absolute Gasteiger partial charge is 0.307 e. The zero-order chi connectivity index (χ0) is 17.8. The Morgan fingerprint density at radius 1 is 1.16 bits per heavy atom. The van der Waals surface area contributed by atoms with Crippen LogP contribution in [0.3, 0.4) is 0 Å². The molecule has 25 heavy (non-hydrogen) atoms. The molecule has 1 aromatic carbocycles. The fraction of sp³-hybridized carbons (Fsp3) is 0.278. The minimum absolute atomic E-state index is 0.108. The van der Waals surface area contributed by atoms with Crippen molar-refractivity contribution in [1.29, 1.82) is 0 Å². The average molecular weight is 341 g/mol. The quantitative estimate of drug-likeness (QED) is 0.775. The van der Waals surface area contributed by atoms with Crippen LogP contribution in [-0.2, 0) is 11.2 Å². The molecule has 7 heteroatoms. The SMILES string of the molecule is O=C(O)Cc1ccccc1NC(=O)c1c[nH]c(C(=O)N2CCCC2)c1. The van der Waals surface area contributed by atoms with Crippen LogP contribution >= 0.6 is 0 Å². The van der Waals surface area contributed by atoms with Gasteiger partial charge >= 0.3 is 5.97 Å². The number of likely N-dealkylation sites (tertiary alicyclic amines) is 1. The molecule has 2 heterocycles.